The van der Waals surface area contributed by atoms with Crippen LogP contribution in [0.25, 0.3) is 0 Å². The van der Waals surface area contributed by atoms with Crippen molar-refractivity contribution >= 4 is 11.3 Å². The third-order valence-electron chi connectivity index (χ3n) is 3.01. The van der Waals surface area contributed by atoms with E-state index in [2.05, 4.69) is 60.6 Å². The lowest BCUT2D eigenvalue weighted by molar-refractivity contribution is 0.589. The van der Waals surface area contributed by atoms with Crippen molar-refractivity contribution in [2.24, 2.45) is 0 Å². The predicted octanol–water partition coefficient (Wildman–Crippen LogP) is 3.36. The van der Waals surface area contributed by atoms with Gasteiger partial charge >= 0.3 is 0 Å². The molecule has 0 aliphatic carbocycles. The van der Waals surface area contributed by atoms with E-state index < -0.39 is 0 Å². The van der Waals surface area contributed by atoms with Gasteiger partial charge in [0.2, 0.25) is 0 Å². The summed E-state index contributed by atoms with van der Waals surface area (Å²) >= 11 is 1.70. The number of hydrogen-bond acceptors (Lipinski definition) is 4. The lowest BCUT2D eigenvalue weighted by Crippen LogP contribution is -2.17. The monoisotopic (exact) mass is 261 g/mol. The van der Waals surface area contributed by atoms with Crippen molar-refractivity contribution in [2.75, 3.05) is 6.54 Å². The van der Waals surface area contributed by atoms with Crippen molar-refractivity contribution in [1.29, 1.82) is 0 Å². The minimum Gasteiger partial charge on any atom is -0.308 e. The van der Waals surface area contributed by atoms with Gasteiger partial charge in [0.1, 0.15) is 10.0 Å². The molecule has 0 aliphatic heterocycles. The van der Waals surface area contributed by atoms with Crippen molar-refractivity contribution < 1.29 is 0 Å². The Morgan fingerprint density at radius 1 is 1.11 bits per heavy atom. The van der Waals surface area contributed by atoms with Crippen molar-refractivity contribution in [2.45, 2.75) is 32.7 Å². The second-order valence-electron chi connectivity index (χ2n) is 4.39. The van der Waals surface area contributed by atoms with Crippen LogP contribution in [0.1, 0.15) is 48.3 Å². The lowest BCUT2D eigenvalue weighted by atomic mass is 10.0. The molecule has 0 saturated carbocycles. The maximum absolute atomic E-state index is 4.32. The molecule has 0 bridgehead atoms. The van der Waals surface area contributed by atoms with Crippen LogP contribution in [0.5, 0.6) is 0 Å². The molecular weight excluding hydrogens is 242 g/mol. The van der Waals surface area contributed by atoms with Gasteiger partial charge < -0.3 is 5.32 Å². The summed E-state index contributed by atoms with van der Waals surface area (Å²) in [5.74, 6) is 0.311. The Morgan fingerprint density at radius 2 is 1.78 bits per heavy atom. The van der Waals surface area contributed by atoms with Crippen LogP contribution in [0.3, 0.4) is 0 Å². The number of nitrogens with zero attached hydrogens (tertiary/aromatic N) is 2. The number of benzene rings is 1. The van der Waals surface area contributed by atoms with Gasteiger partial charge in [-0.15, -0.1) is 10.2 Å². The van der Waals surface area contributed by atoms with Crippen molar-refractivity contribution in [3.63, 3.8) is 0 Å². The number of aromatic nitrogens is 2. The molecule has 18 heavy (non-hydrogen) atoms. The Morgan fingerprint density at radius 3 is 2.44 bits per heavy atom. The molecule has 2 aromatic rings. The molecule has 0 fully saturated rings. The van der Waals surface area contributed by atoms with Gasteiger partial charge in [-0.2, -0.15) is 0 Å². The second-order valence-corrected chi connectivity index (χ2v) is 5.43. The Labute approximate surface area is 112 Å². The van der Waals surface area contributed by atoms with Gasteiger partial charge in [-0.3, -0.25) is 0 Å². The average Bonchev–Trinajstić information content (AvgIpc) is 2.89. The first-order chi connectivity index (χ1) is 8.72. The average molecular weight is 261 g/mol. The van der Waals surface area contributed by atoms with Gasteiger partial charge in [0.05, 0.1) is 6.04 Å². The van der Waals surface area contributed by atoms with E-state index in [0.29, 0.717) is 5.92 Å². The molecule has 1 heterocycles. The van der Waals surface area contributed by atoms with Gasteiger partial charge in [-0.25, -0.2) is 0 Å². The fourth-order valence-electron chi connectivity index (χ4n) is 1.87. The first-order valence-corrected chi connectivity index (χ1v) is 7.15. The normalized spacial score (nSPS) is 14.4. The minimum atomic E-state index is 0.282. The van der Waals surface area contributed by atoms with Crippen LogP contribution < -0.4 is 5.32 Å². The Bertz CT molecular complexity index is 481. The van der Waals surface area contributed by atoms with E-state index in [0.717, 1.165) is 16.6 Å². The third kappa shape index (κ3) is 2.94. The zero-order valence-electron chi connectivity index (χ0n) is 11.1. The first kappa shape index (κ1) is 13.2. The molecule has 0 amide bonds. The summed E-state index contributed by atoms with van der Waals surface area (Å²) in [5, 5.41) is 14.1. The summed E-state index contributed by atoms with van der Waals surface area (Å²) in [7, 11) is 0. The third-order valence-corrected chi connectivity index (χ3v) is 4.30. The van der Waals surface area contributed by atoms with Crippen molar-refractivity contribution in [3.05, 3.63) is 45.9 Å². The highest BCUT2D eigenvalue weighted by atomic mass is 32.1. The van der Waals surface area contributed by atoms with E-state index in [-0.39, 0.29) is 6.04 Å². The van der Waals surface area contributed by atoms with Crippen LogP contribution in [0.4, 0.5) is 0 Å². The Kier molecular flexibility index (Phi) is 4.44. The zero-order chi connectivity index (χ0) is 13.0. The van der Waals surface area contributed by atoms with E-state index in [1.807, 2.05) is 6.07 Å². The standard InChI is InChI=1S/C14H19N3S/c1-4-15-11(3)14-17-16-13(18-14)10(2)12-8-6-5-7-9-12/h5-11,15H,4H2,1-3H3. The van der Waals surface area contributed by atoms with E-state index in [9.17, 15) is 0 Å². The van der Waals surface area contributed by atoms with Gasteiger partial charge in [-0.05, 0) is 19.0 Å². The number of rotatable bonds is 5. The lowest BCUT2D eigenvalue weighted by Gasteiger charge is -2.08. The summed E-state index contributed by atoms with van der Waals surface area (Å²) in [6.45, 7) is 7.36. The van der Waals surface area contributed by atoms with Crippen LogP contribution in [0.15, 0.2) is 30.3 Å². The molecule has 1 N–H and O–H groups in total. The fraction of sp³-hybridized carbons (Fsp3) is 0.429. The van der Waals surface area contributed by atoms with Gasteiger partial charge in [0.25, 0.3) is 0 Å². The van der Waals surface area contributed by atoms with Crippen LogP contribution in [-0.4, -0.2) is 16.7 Å². The predicted molar refractivity (Wildman–Crippen MR) is 76.0 cm³/mol. The summed E-state index contributed by atoms with van der Waals surface area (Å²) in [6, 6.07) is 10.7. The molecule has 0 spiro atoms. The van der Waals surface area contributed by atoms with Crippen molar-refractivity contribution in [1.82, 2.24) is 15.5 Å². The second kappa shape index (κ2) is 6.07. The highest BCUT2D eigenvalue weighted by molar-refractivity contribution is 7.11. The number of hydrogen-bond donors (Lipinski definition) is 1. The SMILES string of the molecule is CCNC(C)c1nnc(C(C)c2ccccc2)s1. The molecule has 2 atom stereocenters. The van der Waals surface area contributed by atoms with Gasteiger partial charge in [-0.1, -0.05) is 55.5 Å². The molecule has 2 rings (SSSR count). The summed E-state index contributed by atoms with van der Waals surface area (Å²) < 4.78 is 0. The molecule has 0 saturated heterocycles. The minimum absolute atomic E-state index is 0.282. The van der Waals surface area contributed by atoms with E-state index in [1.165, 1.54) is 5.56 Å². The van der Waals surface area contributed by atoms with Gasteiger partial charge in [0, 0.05) is 5.92 Å². The largest absolute Gasteiger partial charge is 0.308 e. The summed E-state index contributed by atoms with van der Waals surface area (Å²) in [6.07, 6.45) is 0. The van der Waals surface area contributed by atoms with E-state index in [1.54, 1.807) is 11.3 Å². The highest BCUT2D eigenvalue weighted by Crippen LogP contribution is 2.28. The van der Waals surface area contributed by atoms with E-state index >= 15 is 0 Å². The number of nitrogens with one attached hydrogen (secondary N) is 1. The first-order valence-electron chi connectivity index (χ1n) is 6.34. The van der Waals surface area contributed by atoms with Crippen LogP contribution >= 0.6 is 11.3 Å². The quantitative estimate of drug-likeness (QED) is 0.897. The summed E-state index contributed by atoms with van der Waals surface area (Å²) in [4.78, 5) is 0. The van der Waals surface area contributed by atoms with Gasteiger partial charge in [0.15, 0.2) is 0 Å². The summed E-state index contributed by atoms with van der Waals surface area (Å²) in [5.41, 5.74) is 1.29. The highest BCUT2D eigenvalue weighted by Gasteiger charge is 2.16. The zero-order valence-corrected chi connectivity index (χ0v) is 11.9. The topological polar surface area (TPSA) is 37.8 Å². The molecule has 96 valence electrons. The maximum atomic E-state index is 4.32. The molecule has 4 heteroatoms. The maximum Gasteiger partial charge on any atom is 0.134 e. The van der Waals surface area contributed by atoms with Crippen LogP contribution in [-0.2, 0) is 0 Å². The molecule has 3 nitrogen and oxygen atoms in total. The fourth-order valence-corrected chi connectivity index (χ4v) is 2.82. The molecule has 0 radical (unpaired) electrons. The smallest absolute Gasteiger partial charge is 0.134 e. The Balaban J connectivity index is 2.15. The molecule has 1 aromatic carbocycles. The van der Waals surface area contributed by atoms with Crippen LogP contribution in [0, 0.1) is 0 Å². The molecule has 2 unspecified atom stereocenters. The Hall–Kier alpha value is -1.26. The van der Waals surface area contributed by atoms with E-state index in [4.69, 9.17) is 0 Å². The molecule has 0 aliphatic rings. The van der Waals surface area contributed by atoms with Crippen LogP contribution in [0.2, 0.25) is 0 Å². The molecular formula is C14H19N3S. The van der Waals surface area contributed by atoms with Crippen molar-refractivity contribution in [3.8, 4) is 0 Å². The molecule has 1 aromatic heterocycles.